The van der Waals surface area contributed by atoms with E-state index in [1.165, 1.54) is 11.3 Å². The monoisotopic (exact) mass is 490 g/mol. The molecule has 0 unspecified atom stereocenters. The molecule has 8 heteroatoms. The Bertz CT molecular complexity index is 651. The summed E-state index contributed by atoms with van der Waals surface area (Å²) in [5.41, 5.74) is 0. The van der Waals surface area contributed by atoms with Crippen LogP contribution in [0.15, 0.2) is 22.5 Å². The van der Waals surface area contributed by atoms with Gasteiger partial charge in [0.25, 0.3) is 0 Å². The van der Waals surface area contributed by atoms with Crippen LogP contribution < -0.4 is 10.6 Å². The summed E-state index contributed by atoms with van der Waals surface area (Å²) >= 11 is 1.79. The third-order valence-electron chi connectivity index (χ3n) is 4.06. The molecule has 2 heterocycles. The molecule has 0 bridgehead atoms. The minimum absolute atomic E-state index is 0. The third kappa shape index (κ3) is 8.03. The highest BCUT2D eigenvalue weighted by atomic mass is 127. The van der Waals surface area contributed by atoms with Gasteiger partial charge in [0.2, 0.25) is 0 Å². The van der Waals surface area contributed by atoms with Crippen molar-refractivity contribution in [2.24, 2.45) is 18.0 Å². The lowest BCUT2D eigenvalue weighted by atomic mass is 10.1. The molecule has 26 heavy (non-hydrogen) atoms. The molecule has 2 aromatic rings. The molecule has 0 atom stereocenters. The number of rotatable bonds is 9. The van der Waals surface area contributed by atoms with Crippen LogP contribution in [0.4, 0.5) is 0 Å². The van der Waals surface area contributed by atoms with E-state index in [4.69, 9.17) is 0 Å². The van der Waals surface area contributed by atoms with E-state index < -0.39 is 0 Å². The van der Waals surface area contributed by atoms with Gasteiger partial charge in [0, 0.05) is 25.0 Å². The number of guanidine groups is 1. The molecule has 0 saturated heterocycles. The van der Waals surface area contributed by atoms with Gasteiger partial charge in [0.15, 0.2) is 11.8 Å². The van der Waals surface area contributed by atoms with Crippen molar-refractivity contribution in [2.45, 2.75) is 46.6 Å². The van der Waals surface area contributed by atoms with Crippen molar-refractivity contribution in [1.29, 1.82) is 0 Å². The predicted molar refractivity (Wildman–Crippen MR) is 120 cm³/mol. The van der Waals surface area contributed by atoms with Crippen LogP contribution >= 0.6 is 35.3 Å². The van der Waals surface area contributed by atoms with E-state index in [-0.39, 0.29) is 24.0 Å². The summed E-state index contributed by atoms with van der Waals surface area (Å²) < 4.78 is 1.98. The molecule has 0 spiro atoms. The molecule has 0 radical (unpaired) electrons. The Hall–Kier alpha value is -1.16. The summed E-state index contributed by atoms with van der Waals surface area (Å²) in [5, 5.41) is 17.3. The van der Waals surface area contributed by atoms with Gasteiger partial charge in [-0.1, -0.05) is 19.9 Å². The van der Waals surface area contributed by atoms with Gasteiger partial charge in [-0.25, -0.2) is 4.99 Å². The van der Waals surface area contributed by atoms with Crippen LogP contribution in [0.3, 0.4) is 0 Å². The van der Waals surface area contributed by atoms with Crippen LogP contribution in [-0.2, 0) is 20.0 Å². The molecule has 146 valence electrons. The van der Waals surface area contributed by atoms with Crippen LogP contribution in [0, 0.1) is 12.8 Å². The number of thiophene rings is 1. The second kappa shape index (κ2) is 12.3. The summed E-state index contributed by atoms with van der Waals surface area (Å²) in [6, 6.07) is 4.26. The second-order valence-electron chi connectivity index (χ2n) is 6.61. The number of aliphatic imine (C=N–C) groups is 1. The lowest BCUT2D eigenvalue weighted by molar-refractivity contribution is 0.549. The Morgan fingerprint density at radius 2 is 2.04 bits per heavy atom. The maximum Gasteiger partial charge on any atom is 0.191 e. The molecule has 0 saturated carbocycles. The quantitative estimate of drug-likeness (QED) is 0.244. The molecule has 0 fully saturated rings. The smallest absolute Gasteiger partial charge is 0.191 e. The number of nitrogens with one attached hydrogen (secondary N) is 2. The lowest BCUT2D eigenvalue weighted by Crippen LogP contribution is -2.39. The molecule has 2 aromatic heterocycles. The SMILES string of the molecule is Cc1nnc(CN=C(NCCCC(C)C)NCCc2cccs2)n1C.I. The topological polar surface area (TPSA) is 67.1 Å². The largest absolute Gasteiger partial charge is 0.356 e. The van der Waals surface area contributed by atoms with Gasteiger partial charge < -0.3 is 15.2 Å². The van der Waals surface area contributed by atoms with Crippen molar-refractivity contribution < 1.29 is 0 Å². The summed E-state index contributed by atoms with van der Waals surface area (Å²) in [6.07, 6.45) is 3.37. The van der Waals surface area contributed by atoms with Gasteiger partial charge in [0.05, 0.1) is 0 Å². The van der Waals surface area contributed by atoms with Crippen LogP contribution in [-0.4, -0.2) is 33.8 Å². The first-order chi connectivity index (χ1) is 12.1. The van der Waals surface area contributed by atoms with E-state index in [9.17, 15) is 0 Å². The number of aromatic nitrogens is 3. The molecular formula is C18H31IN6S. The minimum atomic E-state index is 0. The highest BCUT2D eigenvalue weighted by Crippen LogP contribution is 2.08. The van der Waals surface area contributed by atoms with E-state index in [2.05, 4.69) is 57.2 Å². The Morgan fingerprint density at radius 3 is 2.65 bits per heavy atom. The fourth-order valence-electron chi connectivity index (χ4n) is 2.39. The van der Waals surface area contributed by atoms with E-state index in [0.29, 0.717) is 6.54 Å². The van der Waals surface area contributed by atoms with Gasteiger partial charge >= 0.3 is 0 Å². The van der Waals surface area contributed by atoms with Crippen molar-refractivity contribution >= 4 is 41.3 Å². The lowest BCUT2D eigenvalue weighted by Gasteiger charge is -2.13. The van der Waals surface area contributed by atoms with E-state index >= 15 is 0 Å². The maximum absolute atomic E-state index is 4.68. The van der Waals surface area contributed by atoms with Crippen molar-refractivity contribution in [1.82, 2.24) is 25.4 Å². The van der Waals surface area contributed by atoms with E-state index in [0.717, 1.165) is 49.5 Å². The molecule has 0 aliphatic rings. The molecule has 2 rings (SSSR count). The number of hydrogen-bond donors (Lipinski definition) is 2. The molecule has 2 N–H and O–H groups in total. The van der Waals surface area contributed by atoms with Crippen LogP contribution in [0.25, 0.3) is 0 Å². The standard InChI is InChI=1S/C18H30N6S.HI/c1-14(2)7-5-10-19-18(20-11-9-16-8-6-12-25-16)21-13-17-23-22-15(3)24(17)4;/h6,8,12,14H,5,7,9-11,13H2,1-4H3,(H2,19,20,21);1H. The summed E-state index contributed by atoms with van der Waals surface area (Å²) in [7, 11) is 1.97. The summed E-state index contributed by atoms with van der Waals surface area (Å²) in [4.78, 5) is 6.06. The van der Waals surface area contributed by atoms with Gasteiger partial charge in [-0.2, -0.15) is 0 Å². The normalized spacial score (nSPS) is 11.5. The van der Waals surface area contributed by atoms with Crippen molar-refractivity contribution in [3.05, 3.63) is 34.0 Å². The van der Waals surface area contributed by atoms with Crippen molar-refractivity contribution in [2.75, 3.05) is 13.1 Å². The predicted octanol–water partition coefficient (Wildman–Crippen LogP) is 3.52. The number of aryl methyl sites for hydroxylation is 1. The Morgan fingerprint density at radius 1 is 1.27 bits per heavy atom. The van der Waals surface area contributed by atoms with Gasteiger partial charge in [0.1, 0.15) is 12.4 Å². The first-order valence-corrected chi connectivity index (χ1v) is 9.83. The van der Waals surface area contributed by atoms with E-state index in [1.54, 1.807) is 11.3 Å². The van der Waals surface area contributed by atoms with Gasteiger partial charge in [-0.3, -0.25) is 0 Å². The Balaban J connectivity index is 0.00000338. The Kier molecular flexibility index (Phi) is 10.8. The number of halogens is 1. The Labute approximate surface area is 177 Å². The van der Waals surface area contributed by atoms with Crippen LogP contribution in [0.1, 0.15) is 43.2 Å². The summed E-state index contributed by atoms with van der Waals surface area (Å²) in [5.74, 6) is 3.36. The average molecular weight is 490 g/mol. The first kappa shape index (κ1) is 22.9. The molecular weight excluding hydrogens is 459 g/mol. The highest BCUT2D eigenvalue weighted by Gasteiger charge is 2.05. The fraction of sp³-hybridized carbons (Fsp3) is 0.611. The molecule has 0 aliphatic carbocycles. The molecule has 0 aliphatic heterocycles. The van der Waals surface area contributed by atoms with Gasteiger partial charge in [-0.15, -0.1) is 45.5 Å². The second-order valence-corrected chi connectivity index (χ2v) is 7.64. The van der Waals surface area contributed by atoms with Gasteiger partial charge in [-0.05, 0) is 43.6 Å². The first-order valence-electron chi connectivity index (χ1n) is 8.95. The number of nitrogens with zero attached hydrogens (tertiary/aromatic N) is 4. The maximum atomic E-state index is 4.68. The molecule has 0 amide bonds. The van der Waals surface area contributed by atoms with Crippen molar-refractivity contribution in [3.8, 4) is 0 Å². The van der Waals surface area contributed by atoms with E-state index in [1.807, 2.05) is 18.5 Å². The zero-order valence-electron chi connectivity index (χ0n) is 16.2. The highest BCUT2D eigenvalue weighted by molar-refractivity contribution is 14.0. The number of hydrogen-bond acceptors (Lipinski definition) is 4. The molecule has 6 nitrogen and oxygen atoms in total. The zero-order chi connectivity index (χ0) is 18.1. The minimum Gasteiger partial charge on any atom is -0.356 e. The fourth-order valence-corrected chi connectivity index (χ4v) is 3.10. The van der Waals surface area contributed by atoms with Crippen LogP contribution in [0.2, 0.25) is 0 Å². The summed E-state index contributed by atoms with van der Waals surface area (Å²) in [6.45, 7) is 8.78. The zero-order valence-corrected chi connectivity index (χ0v) is 19.3. The van der Waals surface area contributed by atoms with Crippen molar-refractivity contribution in [3.63, 3.8) is 0 Å². The molecule has 0 aromatic carbocycles. The average Bonchev–Trinajstić information content (AvgIpc) is 3.20. The van der Waals surface area contributed by atoms with Crippen LogP contribution in [0.5, 0.6) is 0 Å². The third-order valence-corrected chi connectivity index (χ3v) is 4.99.